The molecule has 1 rings (SSSR count). The van der Waals surface area contributed by atoms with E-state index in [1.165, 1.54) is 7.11 Å². The molecule has 1 heterocycles. The maximum Gasteiger partial charge on any atom is 0.334 e. The average molecular weight is 173 g/mol. The number of carbonyl (C=O) groups excluding carboxylic acids is 1. The summed E-state index contributed by atoms with van der Waals surface area (Å²) >= 11 is 0. The molecule has 1 saturated heterocycles. The molecule has 0 aromatic heterocycles. The highest BCUT2D eigenvalue weighted by Gasteiger charge is 2.27. The van der Waals surface area contributed by atoms with Gasteiger partial charge in [0.2, 0.25) is 0 Å². The first kappa shape index (κ1) is 9.48. The van der Waals surface area contributed by atoms with Crippen molar-refractivity contribution in [2.45, 2.75) is 31.5 Å². The Morgan fingerprint density at radius 2 is 2.42 bits per heavy atom. The zero-order chi connectivity index (χ0) is 8.97. The molecule has 0 aromatic carbocycles. The van der Waals surface area contributed by atoms with E-state index in [0.29, 0.717) is 6.54 Å². The van der Waals surface area contributed by atoms with Gasteiger partial charge in [-0.1, -0.05) is 0 Å². The van der Waals surface area contributed by atoms with Crippen molar-refractivity contribution in [1.29, 1.82) is 0 Å². The fourth-order valence-electron chi connectivity index (χ4n) is 1.38. The van der Waals surface area contributed by atoms with Crippen molar-refractivity contribution in [1.82, 2.24) is 0 Å². The first-order valence-electron chi connectivity index (χ1n) is 4.21. The first-order chi connectivity index (χ1) is 5.77. The van der Waals surface area contributed by atoms with Crippen molar-refractivity contribution in [2.75, 3.05) is 13.7 Å². The monoisotopic (exact) mass is 173 g/mol. The van der Waals surface area contributed by atoms with E-state index in [1.807, 2.05) is 0 Å². The van der Waals surface area contributed by atoms with E-state index in [1.54, 1.807) is 0 Å². The number of hydrogen-bond acceptors (Lipinski definition) is 4. The quantitative estimate of drug-likeness (QED) is 0.600. The van der Waals surface area contributed by atoms with Crippen LogP contribution < -0.4 is 5.73 Å². The molecule has 0 bridgehead atoms. The number of carbonyl (C=O) groups is 1. The summed E-state index contributed by atoms with van der Waals surface area (Å²) in [6.07, 6.45) is 2.33. The zero-order valence-corrected chi connectivity index (χ0v) is 7.29. The molecule has 1 aliphatic heterocycles. The molecular weight excluding hydrogens is 158 g/mol. The van der Waals surface area contributed by atoms with Gasteiger partial charge in [0, 0.05) is 6.54 Å². The molecule has 1 fully saturated rings. The van der Waals surface area contributed by atoms with Crippen LogP contribution in [0.4, 0.5) is 0 Å². The third kappa shape index (κ3) is 2.19. The summed E-state index contributed by atoms with van der Waals surface area (Å²) in [4.78, 5) is 11.0. The number of hydrogen-bond donors (Lipinski definition) is 1. The van der Waals surface area contributed by atoms with Crippen LogP contribution in [0.25, 0.3) is 0 Å². The van der Waals surface area contributed by atoms with E-state index in [4.69, 9.17) is 10.5 Å². The first-order valence-corrected chi connectivity index (χ1v) is 4.21. The van der Waals surface area contributed by atoms with E-state index in [0.717, 1.165) is 19.3 Å². The van der Waals surface area contributed by atoms with Gasteiger partial charge in [-0.15, -0.1) is 0 Å². The highest BCUT2D eigenvalue weighted by atomic mass is 16.6. The molecule has 0 aliphatic carbocycles. The third-order valence-electron chi connectivity index (χ3n) is 2.08. The van der Waals surface area contributed by atoms with E-state index in [9.17, 15) is 4.79 Å². The lowest BCUT2D eigenvalue weighted by molar-refractivity contribution is -0.162. The Labute approximate surface area is 72.0 Å². The van der Waals surface area contributed by atoms with Crippen LogP contribution in [0.1, 0.15) is 19.3 Å². The minimum atomic E-state index is -0.391. The topological polar surface area (TPSA) is 61.5 Å². The van der Waals surface area contributed by atoms with E-state index in [2.05, 4.69) is 4.74 Å². The van der Waals surface area contributed by atoms with Crippen molar-refractivity contribution in [3.63, 3.8) is 0 Å². The number of nitrogens with two attached hydrogens (primary N) is 1. The molecule has 4 heteroatoms. The van der Waals surface area contributed by atoms with Crippen molar-refractivity contribution in [3.05, 3.63) is 0 Å². The van der Waals surface area contributed by atoms with Crippen molar-refractivity contribution in [2.24, 2.45) is 5.73 Å². The van der Waals surface area contributed by atoms with Gasteiger partial charge in [-0.2, -0.15) is 0 Å². The predicted octanol–water partition coefficient (Wildman–Crippen LogP) is 0.0558. The SMILES string of the molecule is COC(=O)[C@H]1CCC[C@H](CN)O1. The normalized spacial score (nSPS) is 29.8. The maximum atomic E-state index is 11.0. The Morgan fingerprint density at radius 3 is 3.00 bits per heavy atom. The minimum absolute atomic E-state index is 0.0304. The summed E-state index contributed by atoms with van der Waals surface area (Å²) in [6, 6.07) is 0. The molecule has 1 aliphatic rings. The largest absolute Gasteiger partial charge is 0.467 e. The second-order valence-corrected chi connectivity index (χ2v) is 2.94. The highest BCUT2D eigenvalue weighted by molar-refractivity contribution is 5.74. The number of ether oxygens (including phenoxy) is 2. The predicted molar refractivity (Wildman–Crippen MR) is 43.6 cm³/mol. The molecule has 70 valence electrons. The lowest BCUT2D eigenvalue weighted by Gasteiger charge is -2.27. The summed E-state index contributed by atoms with van der Waals surface area (Å²) in [7, 11) is 1.37. The van der Waals surface area contributed by atoms with Crippen LogP contribution in [0.2, 0.25) is 0 Å². The number of rotatable bonds is 2. The fourth-order valence-corrected chi connectivity index (χ4v) is 1.38. The zero-order valence-electron chi connectivity index (χ0n) is 7.29. The van der Waals surface area contributed by atoms with Gasteiger partial charge in [0.05, 0.1) is 13.2 Å². The second-order valence-electron chi connectivity index (χ2n) is 2.94. The Kier molecular flexibility index (Phi) is 3.49. The van der Waals surface area contributed by atoms with Gasteiger partial charge in [0.15, 0.2) is 6.10 Å². The molecule has 0 saturated carbocycles. The molecule has 0 amide bonds. The maximum absolute atomic E-state index is 11.0. The van der Waals surface area contributed by atoms with E-state index >= 15 is 0 Å². The molecule has 0 unspecified atom stereocenters. The van der Waals surface area contributed by atoms with Crippen LogP contribution in [-0.4, -0.2) is 31.8 Å². The Morgan fingerprint density at radius 1 is 1.67 bits per heavy atom. The molecule has 2 N–H and O–H groups in total. The number of methoxy groups -OCH3 is 1. The van der Waals surface area contributed by atoms with Gasteiger partial charge in [-0.25, -0.2) is 4.79 Å². The van der Waals surface area contributed by atoms with Gasteiger partial charge in [-0.05, 0) is 19.3 Å². The summed E-state index contributed by atoms with van der Waals surface area (Å²) in [6.45, 7) is 0.480. The average Bonchev–Trinajstić information content (AvgIpc) is 2.17. The Hall–Kier alpha value is -0.610. The summed E-state index contributed by atoms with van der Waals surface area (Å²) in [5.41, 5.74) is 5.43. The summed E-state index contributed by atoms with van der Waals surface area (Å²) in [5.74, 6) is -0.284. The fraction of sp³-hybridized carbons (Fsp3) is 0.875. The summed E-state index contributed by atoms with van der Waals surface area (Å²) in [5, 5.41) is 0. The van der Waals surface area contributed by atoms with Crippen LogP contribution >= 0.6 is 0 Å². The van der Waals surface area contributed by atoms with Gasteiger partial charge < -0.3 is 15.2 Å². The highest BCUT2D eigenvalue weighted by Crippen LogP contribution is 2.18. The molecule has 4 nitrogen and oxygen atoms in total. The van der Waals surface area contributed by atoms with Crippen LogP contribution in [0.5, 0.6) is 0 Å². The molecule has 0 radical (unpaired) electrons. The van der Waals surface area contributed by atoms with Gasteiger partial charge in [-0.3, -0.25) is 0 Å². The second kappa shape index (κ2) is 4.42. The van der Waals surface area contributed by atoms with Crippen LogP contribution in [0.3, 0.4) is 0 Å². The van der Waals surface area contributed by atoms with Crippen molar-refractivity contribution < 1.29 is 14.3 Å². The summed E-state index contributed by atoms with van der Waals surface area (Å²) < 4.78 is 9.97. The molecule has 0 spiro atoms. The lowest BCUT2D eigenvalue weighted by atomic mass is 10.0. The van der Waals surface area contributed by atoms with Gasteiger partial charge in [0.1, 0.15) is 0 Å². The Balaban J connectivity index is 2.40. The molecular formula is C8H15NO3. The Bertz CT molecular complexity index is 160. The molecule has 2 atom stereocenters. The van der Waals surface area contributed by atoms with Crippen LogP contribution in [-0.2, 0) is 14.3 Å². The van der Waals surface area contributed by atoms with E-state index < -0.39 is 6.10 Å². The smallest absolute Gasteiger partial charge is 0.334 e. The standard InChI is InChI=1S/C8H15NO3/c1-11-8(10)7-4-2-3-6(5-9)12-7/h6-7H,2-5,9H2,1H3/t6-,7-/m1/s1. The van der Waals surface area contributed by atoms with E-state index in [-0.39, 0.29) is 12.1 Å². The van der Waals surface area contributed by atoms with Crippen LogP contribution in [0, 0.1) is 0 Å². The lowest BCUT2D eigenvalue weighted by Crippen LogP contribution is -2.37. The van der Waals surface area contributed by atoms with Gasteiger partial charge in [0.25, 0.3) is 0 Å². The molecule has 0 aromatic rings. The van der Waals surface area contributed by atoms with Gasteiger partial charge >= 0.3 is 5.97 Å². The number of esters is 1. The van der Waals surface area contributed by atoms with Crippen molar-refractivity contribution in [3.8, 4) is 0 Å². The molecule has 12 heavy (non-hydrogen) atoms. The van der Waals surface area contributed by atoms with Crippen LogP contribution in [0.15, 0.2) is 0 Å². The minimum Gasteiger partial charge on any atom is -0.467 e. The third-order valence-corrected chi connectivity index (χ3v) is 2.08. The van der Waals surface area contributed by atoms with Crippen molar-refractivity contribution >= 4 is 5.97 Å².